The van der Waals surface area contributed by atoms with Gasteiger partial charge >= 0.3 is 0 Å². The maximum atomic E-state index is 5.38. The van der Waals surface area contributed by atoms with E-state index >= 15 is 0 Å². The van der Waals surface area contributed by atoms with Crippen LogP contribution in [0.1, 0.15) is 18.4 Å². The Morgan fingerprint density at radius 1 is 1.79 bits per heavy atom. The van der Waals surface area contributed by atoms with Crippen LogP contribution in [0.2, 0.25) is 0 Å². The van der Waals surface area contributed by atoms with Gasteiger partial charge in [-0.25, -0.2) is 0 Å². The summed E-state index contributed by atoms with van der Waals surface area (Å²) in [6.45, 7) is 7.57. The number of nitrogens with two attached hydrogens (primary N) is 1. The van der Waals surface area contributed by atoms with Crippen molar-refractivity contribution in [3.8, 4) is 0 Å². The molecule has 14 heavy (non-hydrogen) atoms. The molecule has 0 radical (unpaired) electrons. The van der Waals surface area contributed by atoms with Gasteiger partial charge in [-0.1, -0.05) is 11.7 Å². The fourth-order valence-electron chi connectivity index (χ4n) is 0.977. The Morgan fingerprint density at radius 3 is 3.00 bits per heavy atom. The molecule has 1 rings (SSSR count). The van der Waals surface area contributed by atoms with Crippen LogP contribution in [0, 0.1) is 6.92 Å². The minimum absolute atomic E-state index is 0.382. The van der Waals surface area contributed by atoms with Crippen LogP contribution in [0.3, 0.4) is 0 Å². The molecular weight excluding hydrogens is 180 g/mol. The fraction of sp³-hybridized carbons (Fsp3) is 0.300. The molecule has 0 aliphatic rings. The Balaban J connectivity index is 2.45. The Labute approximate surface area is 83.0 Å². The zero-order valence-electron chi connectivity index (χ0n) is 8.41. The van der Waals surface area contributed by atoms with Crippen LogP contribution in [-0.2, 0) is 11.3 Å². The SMILES string of the molecule is C=C(N)/C=C(\C)OCc1cc(C)on1. The van der Waals surface area contributed by atoms with Crippen molar-refractivity contribution in [2.24, 2.45) is 5.73 Å². The van der Waals surface area contributed by atoms with Crippen LogP contribution in [0.25, 0.3) is 0 Å². The van der Waals surface area contributed by atoms with Crippen molar-refractivity contribution in [1.29, 1.82) is 0 Å². The number of aryl methyl sites for hydroxylation is 1. The summed E-state index contributed by atoms with van der Waals surface area (Å²) in [6.07, 6.45) is 1.66. The first-order chi connectivity index (χ1) is 6.58. The first-order valence-electron chi connectivity index (χ1n) is 4.25. The summed E-state index contributed by atoms with van der Waals surface area (Å²) in [4.78, 5) is 0. The molecule has 4 nitrogen and oxygen atoms in total. The summed E-state index contributed by atoms with van der Waals surface area (Å²) in [5, 5.41) is 3.79. The van der Waals surface area contributed by atoms with Crippen LogP contribution >= 0.6 is 0 Å². The number of hydrogen-bond donors (Lipinski definition) is 1. The van der Waals surface area contributed by atoms with E-state index in [1.165, 1.54) is 0 Å². The maximum Gasteiger partial charge on any atom is 0.134 e. The second-order valence-electron chi connectivity index (χ2n) is 3.05. The molecule has 0 saturated carbocycles. The molecule has 1 aromatic rings. The molecule has 76 valence electrons. The predicted molar refractivity (Wildman–Crippen MR) is 53.1 cm³/mol. The molecule has 0 saturated heterocycles. The smallest absolute Gasteiger partial charge is 0.134 e. The van der Waals surface area contributed by atoms with Gasteiger partial charge in [0.05, 0.1) is 5.76 Å². The maximum absolute atomic E-state index is 5.38. The van der Waals surface area contributed by atoms with E-state index in [0.29, 0.717) is 18.1 Å². The highest BCUT2D eigenvalue weighted by molar-refractivity contribution is 5.12. The van der Waals surface area contributed by atoms with E-state index in [1.54, 1.807) is 6.08 Å². The third-order valence-corrected chi connectivity index (χ3v) is 1.51. The molecule has 1 heterocycles. The Morgan fingerprint density at radius 2 is 2.50 bits per heavy atom. The van der Waals surface area contributed by atoms with Crippen molar-refractivity contribution in [2.75, 3.05) is 0 Å². The molecule has 0 atom stereocenters. The predicted octanol–water partition coefficient (Wildman–Crippen LogP) is 1.88. The van der Waals surface area contributed by atoms with Crippen molar-refractivity contribution in [3.63, 3.8) is 0 Å². The highest BCUT2D eigenvalue weighted by atomic mass is 16.5. The van der Waals surface area contributed by atoms with Gasteiger partial charge in [-0.3, -0.25) is 0 Å². The first-order valence-corrected chi connectivity index (χ1v) is 4.25. The Hall–Kier alpha value is -1.71. The zero-order valence-corrected chi connectivity index (χ0v) is 8.41. The molecule has 0 unspecified atom stereocenters. The monoisotopic (exact) mass is 194 g/mol. The van der Waals surface area contributed by atoms with Crippen molar-refractivity contribution in [1.82, 2.24) is 5.16 Å². The van der Waals surface area contributed by atoms with Crippen LogP contribution in [0.5, 0.6) is 0 Å². The molecule has 0 aliphatic carbocycles. The molecule has 0 fully saturated rings. The van der Waals surface area contributed by atoms with Gasteiger partial charge in [-0.05, 0) is 19.9 Å². The lowest BCUT2D eigenvalue weighted by Gasteiger charge is -2.02. The van der Waals surface area contributed by atoms with E-state index in [0.717, 1.165) is 11.5 Å². The minimum atomic E-state index is 0.382. The standard InChI is InChI=1S/C10H14N2O2/c1-7(11)4-8(2)13-6-10-5-9(3)14-12-10/h4-5H,1,6,11H2,2-3H3/b8-4+. The van der Waals surface area contributed by atoms with Crippen LogP contribution in [-0.4, -0.2) is 5.16 Å². The molecule has 4 heteroatoms. The average Bonchev–Trinajstić information content (AvgIpc) is 2.47. The molecule has 0 amide bonds. The van der Waals surface area contributed by atoms with Gasteiger partial charge in [-0.15, -0.1) is 0 Å². The largest absolute Gasteiger partial charge is 0.492 e. The molecule has 0 spiro atoms. The van der Waals surface area contributed by atoms with Crippen LogP contribution in [0.4, 0.5) is 0 Å². The molecule has 0 bridgehead atoms. The van der Waals surface area contributed by atoms with Gasteiger partial charge in [0.2, 0.25) is 0 Å². The van der Waals surface area contributed by atoms with E-state index < -0.39 is 0 Å². The number of rotatable bonds is 4. The topological polar surface area (TPSA) is 61.3 Å². The fourth-order valence-corrected chi connectivity index (χ4v) is 0.977. The van der Waals surface area contributed by atoms with Crippen molar-refractivity contribution in [2.45, 2.75) is 20.5 Å². The van der Waals surface area contributed by atoms with Crippen LogP contribution in [0.15, 0.2) is 34.7 Å². The quantitative estimate of drug-likeness (QED) is 0.587. The van der Waals surface area contributed by atoms with E-state index in [-0.39, 0.29) is 0 Å². The normalized spacial score (nSPS) is 11.4. The third kappa shape index (κ3) is 3.35. The number of ether oxygens (including phenoxy) is 1. The highest BCUT2D eigenvalue weighted by Crippen LogP contribution is 2.06. The molecule has 0 aliphatic heterocycles. The van der Waals surface area contributed by atoms with Gasteiger partial charge in [-0.2, -0.15) is 0 Å². The van der Waals surface area contributed by atoms with E-state index in [4.69, 9.17) is 15.0 Å². The number of allylic oxidation sites excluding steroid dienone is 2. The summed E-state index contributed by atoms with van der Waals surface area (Å²) in [5.74, 6) is 1.48. The molecule has 0 aromatic carbocycles. The van der Waals surface area contributed by atoms with Gasteiger partial charge < -0.3 is 15.0 Å². The van der Waals surface area contributed by atoms with E-state index in [9.17, 15) is 0 Å². The highest BCUT2D eigenvalue weighted by Gasteiger charge is 2.00. The average molecular weight is 194 g/mol. The summed E-state index contributed by atoms with van der Waals surface area (Å²) < 4.78 is 10.2. The van der Waals surface area contributed by atoms with Gasteiger partial charge in [0.1, 0.15) is 18.1 Å². The summed E-state index contributed by atoms with van der Waals surface area (Å²) >= 11 is 0. The molecule has 1 aromatic heterocycles. The van der Waals surface area contributed by atoms with Crippen molar-refractivity contribution >= 4 is 0 Å². The third-order valence-electron chi connectivity index (χ3n) is 1.51. The second kappa shape index (κ2) is 4.50. The number of nitrogens with zero attached hydrogens (tertiary/aromatic N) is 1. The van der Waals surface area contributed by atoms with Gasteiger partial charge in [0.15, 0.2) is 0 Å². The second-order valence-corrected chi connectivity index (χ2v) is 3.05. The lowest BCUT2D eigenvalue weighted by atomic mass is 10.4. The van der Waals surface area contributed by atoms with Crippen LogP contribution < -0.4 is 5.73 Å². The lowest BCUT2D eigenvalue weighted by Crippen LogP contribution is -1.95. The Bertz CT molecular complexity index is 353. The minimum Gasteiger partial charge on any atom is -0.492 e. The van der Waals surface area contributed by atoms with E-state index in [2.05, 4.69) is 11.7 Å². The first kappa shape index (κ1) is 10.4. The van der Waals surface area contributed by atoms with E-state index in [1.807, 2.05) is 19.9 Å². The molecule has 2 N–H and O–H groups in total. The van der Waals surface area contributed by atoms with Gasteiger partial charge in [0.25, 0.3) is 0 Å². The molecular formula is C10H14N2O2. The van der Waals surface area contributed by atoms with Gasteiger partial charge in [0, 0.05) is 11.8 Å². The summed E-state index contributed by atoms with van der Waals surface area (Å²) in [5.41, 5.74) is 6.61. The Kier molecular flexibility index (Phi) is 3.34. The number of aromatic nitrogens is 1. The lowest BCUT2D eigenvalue weighted by molar-refractivity contribution is 0.192. The summed E-state index contributed by atoms with van der Waals surface area (Å²) in [7, 11) is 0. The van der Waals surface area contributed by atoms with Crippen molar-refractivity contribution in [3.05, 3.63) is 41.6 Å². The summed E-state index contributed by atoms with van der Waals surface area (Å²) in [6, 6.07) is 1.82. The number of hydrogen-bond acceptors (Lipinski definition) is 4. The zero-order chi connectivity index (χ0) is 10.6. The van der Waals surface area contributed by atoms with Crippen molar-refractivity contribution < 1.29 is 9.26 Å².